The summed E-state index contributed by atoms with van der Waals surface area (Å²) >= 11 is 36.8. The highest BCUT2D eigenvalue weighted by atomic mass is 35.5. The number of rotatable bonds is 2. The molecular weight excluding hydrogens is 457 g/mol. The van der Waals surface area contributed by atoms with E-state index in [0.29, 0.717) is 42.5 Å². The van der Waals surface area contributed by atoms with Crippen LogP contribution in [0.15, 0.2) is 36.5 Å². The van der Waals surface area contributed by atoms with Crippen molar-refractivity contribution in [2.24, 2.45) is 0 Å². The van der Waals surface area contributed by atoms with E-state index in [1.165, 1.54) is 12.1 Å². The topological polar surface area (TPSA) is 36.7 Å². The van der Waals surface area contributed by atoms with Gasteiger partial charge in [-0.05, 0) is 30.3 Å². The van der Waals surface area contributed by atoms with E-state index >= 15 is 0 Å². The van der Waals surface area contributed by atoms with Crippen LogP contribution in [0.2, 0.25) is 30.1 Å². The van der Waals surface area contributed by atoms with Gasteiger partial charge in [0.05, 0.1) is 31.3 Å². The predicted octanol–water partition coefficient (Wildman–Crippen LogP) is 8.21. The number of nitrogens with zero attached hydrogens (tertiary/aromatic N) is 2. The maximum absolute atomic E-state index is 9.57. The van der Waals surface area contributed by atoms with Crippen LogP contribution in [-0.2, 0) is 0 Å². The van der Waals surface area contributed by atoms with Gasteiger partial charge >= 0.3 is 0 Å². The molecule has 26 heavy (non-hydrogen) atoms. The lowest BCUT2D eigenvalue weighted by atomic mass is 10.0. The number of aromatic nitrogens is 1. The van der Waals surface area contributed by atoms with Gasteiger partial charge in [-0.2, -0.15) is 5.26 Å². The second-order valence-electron chi connectivity index (χ2n) is 5.23. The van der Waals surface area contributed by atoms with Crippen LogP contribution >= 0.6 is 69.6 Å². The molecule has 0 unspecified atom stereocenters. The van der Waals surface area contributed by atoms with Crippen LogP contribution in [-0.4, -0.2) is 4.98 Å². The van der Waals surface area contributed by atoms with E-state index in [9.17, 15) is 5.26 Å². The molecule has 1 heterocycles. The van der Waals surface area contributed by atoms with E-state index in [0.717, 1.165) is 0 Å². The van der Waals surface area contributed by atoms with Crippen molar-refractivity contribution >= 4 is 69.6 Å². The smallest absolute Gasteiger partial charge is 0.101 e. The molecule has 0 bridgehead atoms. The summed E-state index contributed by atoms with van der Waals surface area (Å²) in [5, 5.41) is 11.5. The van der Waals surface area contributed by atoms with Crippen LogP contribution < -0.4 is 0 Å². The molecule has 0 aliphatic rings. The number of benzene rings is 2. The predicted molar refractivity (Wildman–Crippen MR) is 110 cm³/mol. The minimum atomic E-state index is 0.261. The average molecular weight is 463 g/mol. The van der Waals surface area contributed by atoms with Crippen molar-refractivity contribution in [3.05, 3.63) is 72.2 Å². The monoisotopic (exact) mass is 460 g/mol. The Hall–Kier alpha value is -1.18. The lowest BCUT2D eigenvalue weighted by Crippen LogP contribution is -1.93. The zero-order valence-electron chi connectivity index (χ0n) is 12.6. The lowest BCUT2D eigenvalue weighted by molar-refractivity contribution is 1.30. The fourth-order valence-corrected chi connectivity index (χ4v) is 3.81. The zero-order valence-corrected chi connectivity index (χ0v) is 17.2. The SMILES string of the molecule is N#Cc1cc(-c2cc(Cl)cc(Cl)c2Cl)cnc1-c1cc(Cl)cc(Cl)c1Cl. The lowest BCUT2D eigenvalue weighted by Gasteiger charge is -2.11. The third-order valence-corrected chi connectivity index (χ3v) is 5.60. The molecule has 0 radical (unpaired) electrons. The molecule has 0 amide bonds. The van der Waals surface area contributed by atoms with E-state index in [4.69, 9.17) is 69.6 Å². The number of hydrogen-bond donors (Lipinski definition) is 0. The molecule has 0 saturated carbocycles. The van der Waals surface area contributed by atoms with Gasteiger partial charge in [0.2, 0.25) is 0 Å². The van der Waals surface area contributed by atoms with Gasteiger partial charge in [-0.15, -0.1) is 0 Å². The second-order valence-corrected chi connectivity index (χ2v) is 7.67. The number of hydrogen-bond acceptors (Lipinski definition) is 2. The first kappa shape index (κ1) is 19.6. The van der Waals surface area contributed by atoms with Crippen molar-refractivity contribution < 1.29 is 0 Å². The first-order chi connectivity index (χ1) is 12.3. The fourth-order valence-electron chi connectivity index (χ4n) is 2.41. The van der Waals surface area contributed by atoms with Gasteiger partial charge in [0, 0.05) is 32.9 Å². The number of nitriles is 1. The molecule has 0 spiro atoms. The molecule has 0 saturated heterocycles. The summed E-state index contributed by atoms with van der Waals surface area (Å²) in [6.07, 6.45) is 1.55. The Morgan fingerprint density at radius 1 is 0.731 bits per heavy atom. The number of halogens is 6. The molecule has 3 rings (SSSR count). The van der Waals surface area contributed by atoms with E-state index in [2.05, 4.69) is 11.1 Å². The summed E-state index contributed by atoms with van der Waals surface area (Å²) in [5.41, 5.74) is 2.24. The highest BCUT2D eigenvalue weighted by Crippen LogP contribution is 2.40. The second kappa shape index (κ2) is 7.82. The summed E-state index contributed by atoms with van der Waals surface area (Å²) in [6, 6.07) is 10.0. The van der Waals surface area contributed by atoms with E-state index in [1.807, 2.05) is 0 Å². The van der Waals surface area contributed by atoms with Crippen LogP contribution in [0.25, 0.3) is 22.4 Å². The first-order valence-electron chi connectivity index (χ1n) is 7.01. The highest BCUT2D eigenvalue weighted by Gasteiger charge is 2.17. The molecular formula is C18H6Cl6N2. The molecule has 0 atom stereocenters. The minimum absolute atomic E-state index is 0.261. The van der Waals surface area contributed by atoms with E-state index in [-0.39, 0.29) is 15.6 Å². The van der Waals surface area contributed by atoms with Gasteiger partial charge in [0.15, 0.2) is 0 Å². The van der Waals surface area contributed by atoms with Gasteiger partial charge in [-0.25, -0.2) is 0 Å². The zero-order chi connectivity index (χ0) is 19.0. The van der Waals surface area contributed by atoms with E-state index < -0.39 is 0 Å². The third-order valence-electron chi connectivity index (χ3n) is 3.56. The summed E-state index contributed by atoms with van der Waals surface area (Å²) in [7, 11) is 0. The molecule has 0 N–H and O–H groups in total. The quantitative estimate of drug-likeness (QED) is 0.360. The normalized spacial score (nSPS) is 10.7. The van der Waals surface area contributed by atoms with Crippen LogP contribution in [0.1, 0.15) is 5.56 Å². The largest absolute Gasteiger partial charge is 0.254 e. The van der Waals surface area contributed by atoms with Crippen molar-refractivity contribution in [2.75, 3.05) is 0 Å². The first-order valence-corrected chi connectivity index (χ1v) is 9.28. The van der Waals surface area contributed by atoms with Crippen LogP contribution in [0.4, 0.5) is 0 Å². The van der Waals surface area contributed by atoms with Crippen LogP contribution in [0.5, 0.6) is 0 Å². The minimum Gasteiger partial charge on any atom is -0.254 e. The summed E-state index contributed by atoms with van der Waals surface area (Å²) in [5.74, 6) is 0. The van der Waals surface area contributed by atoms with Crippen molar-refractivity contribution in [2.45, 2.75) is 0 Å². The molecule has 3 aromatic rings. The van der Waals surface area contributed by atoms with Crippen LogP contribution in [0, 0.1) is 11.3 Å². The fraction of sp³-hybridized carbons (Fsp3) is 0. The van der Waals surface area contributed by atoms with Crippen molar-refractivity contribution in [1.82, 2.24) is 4.98 Å². The maximum atomic E-state index is 9.57. The van der Waals surface area contributed by atoms with Gasteiger partial charge in [0.1, 0.15) is 6.07 Å². The Morgan fingerprint density at radius 2 is 1.27 bits per heavy atom. The molecule has 0 aliphatic heterocycles. The highest BCUT2D eigenvalue weighted by molar-refractivity contribution is 6.45. The molecule has 8 heteroatoms. The Bertz CT molecular complexity index is 1070. The number of pyridine rings is 1. The summed E-state index contributed by atoms with van der Waals surface area (Å²) in [4.78, 5) is 4.37. The molecule has 0 aliphatic carbocycles. The standard InChI is InChI=1S/C18H6Cl6N2/c19-10-2-12(16(23)14(21)4-10)9-1-8(6-25)18(26-7-9)13-3-11(20)5-15(22)17(13)24/h1-5,7H. The van der Waals surface area contributed by atoms with E-state index in [1.54, 1.807) is 24.4 Å². The Labute approximate surface area is 179 Å². The third kappa shape index (κ3) is 3.75. The molecule has 130 valence electrons. The molecule has 1 aromatic heterocycles. The van der Waals surface area contributed by atoms with Crippen molar-refractivity contribution in [3.63, 3.8) is 0 Å². The molecule has 2 nitrogen and oxygen atoms in total. The van der Waals surface area contributed by atoms with Gasteiger partial charge < -0.3 is 0 Å². The van der Waals surface area contributed by atoms with Gasteiger partial charge in [0.25, 0.3) is 0 Å². The average Bonchev–Trinajstić information content (AvgIpc) is 2.60. The Kier molecular flexibility index (Phi) is 5.89. The van der Waals surface area contributed by atoms with Gasteiger partial charge in [-0.1, -0.05) is 69.6 Å². The molecule has 2 aromatic carbocycles. The van der Waals surface area contributed by atoms with Crippen LogP contribution in [0.3, 0.4) is 0 Å². The van der Waals surface area contributed by atoms with Gasteiger partial charge in [-0.3, -0.25) is 4.98 Å². The Balaban J connectivity index is 2.22. The van der Waals surface area contributed by atoms with Crippen molar-refractivity contribution in [3.8, 4) is 28.5 Å². The summed E-state index contributed by atoms with van der Waals surface area (Å²) in [6.45, 7) is 0. The summed E-state index contributed by atoms with van der Waals surface area (Å²) < 4.78 is 0. The molecule has 0 fully saturated rings. The van der Waals surface area contributed by atoms with Crippen molar-refractivity contribution in [1.29, 1.82) is 5.26 Å². The maximum Gasteiger partial charge on any atom is 0.101 e. The Morgan fingerprint density at radius 3 is 1.85 bits per heavy atom.